The van der Waals surface area contributed by atoms with E-state index >= 15 is 0 Å². The van der Waals surface area contributed by atoms with E-state index in [0.717, 1.165) is 25.3 Å². The summed E-state index contributed by atoms with van der Waals surface area (Å²) in [4.78, 5) is 28.0. The minimum absolute atomic E-state index is 0.00863. The molecule has 6 heteroatoms. The van der Waals surface area contributed by atoms with Crippen LogP contribution < -0.4 is 0 Å². The van der Waals surface area contributed by atoms with Gasteiger partial charge in [-0.1, -0.05) is 17.7 Å². The molecule has 2 heterocycles. The van der Waals surface area contributed by atoms with Crippen molar-refractivity contribution in [3.63, 3.8) is 0 Å². The van der Waals surface area contributed by atoms with Crippen LogP contribution in [0.15, 0.2) is 41.8 Å². The lowest BCUT2D eigenvalue weighted by molar-refractivity contribution is -0.130. The van der Waals surface area contributed by atoms with E-state index in [2.05, 4.69) is 17.5 Å². The Bertz CT molecular complexity index is 716. The Kier molecular flexibility index (Phi) is 6.57. The normalized spacial score (nSPS) is 18.0. The molecule has 0 spiro atoms. The second kappa shape index (κ2) is 8.88. The lowest BCUT2D eigenvalue weighted by atomic mass is 10.1. The molecular weight excluding hydrogens is 374 g/mol. The number of halogens is 1. The maximum Gasteiger partial charge on any atom is 0.223 e. The highest BCUT2D eigenvalue weighted by Gasteiger charge is 2.23. The van der Waals surface area contributed by atoms with E-state index in [1.54, 1.807) is 35.6 Å². The Balaban J connectivity index is 1.49. The van der Waals surface area contributed by atoms with Crippen LogP contribution >= 0.6 is 34.7 Å². The summed E-state index contributed by atoms with van der Waals surface area (Å²) in [6.45, 7) is 1.53. The van der Waals surface area contributed by atoms with Gasteiger partial charge in [-0.2, -0.15) is 11.8 Å². The first-order chi connectivity index (χ1) is 12.1. The monoisotopic (exact) mass is 393 g/mol. The van der Waals surface area contributed by atoms with E-state index in [-0.39, 0.29) is 24.5 Å². The molecule has 0 unspecified atom stereocenters. The summed E-state index contributed by atoms with van der Waals surface area (Å²) >= 11 is 9.54. The number of benzene rings is 1. The average Bonchev–Trinajstić information content (AvgIpc) is 3.04. The van der Waals surface area contributed by atoms with Crippen LogP contribution in [-0.4, -0.2) is 35.4 Å². The Morgan fingerprint density at radius 3 is 2.64 bits per heavy atom. The van der Waals surface area contributed by atoms with Gasteiger partial charge in [0.25, 0.3) is 0 Å². The molecule has 25 heavy (non-hydrogen) atoms. The smallest absolute Gasteiger partial charge is 0.223 e. The van der Waals surface area contributed by atoms with Gasteiger partial charge in [0.2, 0.25) is 5.91 Å². The molecule has 1 atom stereocenters. The molecular formula is C19H20ClNO2S2. The molecule has 0 radical (unpaired) electrons. The zero-order chi connectivity index (χ0) is 17.6. The molecule has 1 saturated heterocycles. The molecule has 132 valence electrons. The number of rotatable bonds is 5. The number of nitrogens with zero attached hydrogens (tertiary/aromatic N) is 1. The van der Waals surface area contributed by atoms with Gasteiger partial charge in [-0.05, 0) is 42.1 Å². The number of amides is 1. The van der Waals surface area contributed by atoms with E-state index in [1.165, 1.54) is 4.88 Å². The second-order valence-electron chi connectivity index (χ2n) is 5.97. The summed E-state index contributed by atoms with van der Waals surface area (Å²) in [5, 5.41) is 3.19. The van der Waals surface area contributed by atoms with Crippen molar-refractivity contribution >= 4 is 46.4 Å². The highest BCUT2D eigenvalue weighted by molar-refractivity contribution is 7.99. The third-order valence-corrected chi connectivity index (χ3v) is 6.98. The van der Waals surface area contributed by atoms with Crippen LogP contribution in [0.25, 0.3) is 0 Å². The summed E-state index contributed by atoms with van der Waals surface area (Å²) in [6.07, 6.45) is 1.50. The first kappa shape index (κ1) is 18.5. The van der Waals surface area contributed by atoms with Gasteiger partial charge in [-0.3, -0.25) is 9.59 Å². The molecule has 1 amide bonds. The summed E-state index contributed by atoms with van der Waals surface area (Å²) in [7, 11) is 0. The van der Waals surface area contributed by atoms with Crippen molar-refractivity contribution < 1.29 is 9.59 Å². The Hall–Kier alpha value is -1.30. The molecule has 1 aromatic heterocycles. The third kappa shape index (κ3) is 5.09. The van der Waals surface area contributed by atoms with Crippen LogP contribution in [0.3, 0.4) is 0 Å². The standard InChI is InChI=1S/C19H20ClNO2S2/c20-15-5-3-14(4-6-15)16(22)7-8-19(23)21-10-9-18(25-13-11-21)17-2-1-12-24-17/h1-6,12,18H,7-11,13H2/t18-/m0/s1. The number of carbonyl (C=O) groups is 2. The van der Waals surface area contributed by atoms with E-state index in [9.17, 15) is 9.59 Å². The highest BCUT2D eigenvalue weighted by Crippen LogP contribution is 2.36. The predicted octanol–water partition coefficient (Wildman–Crippen LogP) is 5.07. The van der Waals surface area contributed by atoms with E-state index in [1.807, 2.05) is 16.7 Å². The lowest BCUT2D eigenvalue weighted by Crippen LogP contribution is -2.33. The van der Waals surface area contributed by atoms with Gasteiger partial charge < -0.3 is 4.90 Å². The zero-order valence-corrected chi connectivity index (χ0v) is 16.2. The molecule has 2 aromatic rings. The number of carbonyl (C=O) groups excluding carboxylic acids is 2. The summed E-state index contributed by atoms with van der Waals surface area (Å²) in [6, 6.07) is 11.1. The Labute approximate surface area is 161 Å². The van der Waals surface area contributed by atoms with Gasteiger partial charge in [-0.25, -0.2) is 0 Å². The molecule has 1 aliphatic heterocycles. The van der Waals surface area contributed by atoms with Crippen LogP contribution in [-0.2, 0) is 4.79 Å². The fraction of sp³-hybridized carbons (Fsp3) is 0.368. The number of ketones is 1. The third-order valence-electron chi connectivity index (χ3n) is 4.29. The topological polar surface area (TPSA) is 37.4 Å². The molecule has 0 aliphatic carbocycles. The molecule has 3 nitrogen and oxygen atoms in total. The first-order valence-corrected chi connectivity index (χ1v) is 10.7. The van der Waals surface area contributed by atoms with E-state index in [0.29, 0.717) is 15.8 Å². The van der Waals surface area contributed by atoms with Crippen molar-refractivity contribution in [1.82, 2.24) is 4.90 Å². The number of hydrogen-bond donors (Lipinski definition) is 0. The largest absolute Gasteiger partial charge is 0.342 e. The van der Waals surface area contributed by atoms with Crippen molar-refractivity contribution in [3.05, 3.63) is 57.2 Å². The van der Waals surface area contributed by atoms with Gasteiger partial charge in [-0.15, -0.1) is 11.3 Å². The first-order valence-electron chi connectivity index (χ1n) is 8.35. The SMILES string of the molecule is O=C(CCC(=O)N1CCS[C@H](c2cccs2)CC1)c1ccc(Cl)cc1. The number of Topliss-reactive ketones (excluding diaryl/α,β-unsaturated/α-hetero) is 1. The van der Waals surface area contributed by atoms with Gasteiger partial charge in [0.05, 0.1) is 0 Å². The Morgan fingerprint density at radius 2 is 1.92 bits per heavy atom. The van der Waals surface area contributed by atoms with Gasteiger partial charge >= 0.3 is 0 Å². The van der Waals surface area contributed by atoms with Crippen LogP contribution in [0.2, 0.25) is 5.02 Å². The zero-order valence-electron chi connectivity index (χ0n) is 13.8. The minimum Gasteiger partial charge on any atom is -0.342 e. The highest BCUT2D eigenvalue weighted by atomic mass is 35.5. The minimum atomic E-state index is -0.00863. The summed E-state index contributed by atoms with van der Waals surface area (Å²) in [5.41, 5.74) is 0.612. The van der Waals surface area contributed by atoms with Crippen molar-refractivity contribution in [2.24, 2.45) is 0 Å². The van der Waals surface area contributed by atoms with Gasteiger partial charge in [0.1, 0.15) is 0 Å². The van der Waals surface area contributed by atoms with E-state index < -0.39 is 0 Å². The van der Waals surface area contributed by atoms with Crippen molar-refractivity contribution in [2.75, 3.05) is 18.8 Å². The van der Waals surface area contributed by atoms with Crippen LogP contribution in [0.5, 0.6) is 0 Å². The van der Waals surface area contributed by atoms with Crippen molar-refractivity contribution in [1.29, 1.82) is 0 Å². The maximum atomic E-state index is 12.5. The quantitative estimate of drug-likeness (QED) is 0.665. The number of thiophene rings is 1. The molecule has 1 aromatic carbocycles. The molecule has 0 saturated carbocycles. The van der Waals surface area contributed by atoms with Crippen LogP contribution in [0.1, 0.15) is 39.7 Å². The molecule has 0 N–H and O–H groups in total. The molecule has 1 fully saturated rings. The fourth-order valence-electron chi connectivity index (χ4n) is 2.88. The summed E-state index contributed by atoms with van der Waals surface area (Å²) in [5.74, 6) is 1.01. The molecule has 0 bridgehead atoms. The molecule has 3 rings (SSSR count). The fourth-order valence-corrected chi connectivity index (χ4v) is 5.24. The van der Waals surface area contributed by atoms with E-state index in [4.69, 9.17) is 11.6 Å². The lowest BCUT2D eigenvalue weighted by Gasteiger charge is -2.20. The second-order valence-corrected chi connectivity index (χ2v) is 8.70. The predicted molar refractivity (Wildman–Crippen MR) is 106 cm³/mol. The number of hydrogen-bond acceptors (Lipinski definition) is 4. The average molecular weight is 394 g/mol. The van der Waals surface area contributed by atoms with Gasteiger partial charge in [0, 0.05) is 52.4 Å². The molecule has 1 aliphatic rings. The van der Waals surface area contributed by atoms with Gasteiger partial charge in [0.15, 0.2) is 5.78 Å². The summed E-state index contributed by atoms with van der Waals surface area (Å²) < 4.78 is 0. The van der Waals surface area contributed by atoms with Crippen LogP contribution in [0.4, 0.5) is 0 Å². The van der Waals surface area contributed by atoms with Crippen LogP contribution in [0, 0.1) is 0 Å². The van der Waals surface area contributed by atoms with Crippen molar-refractivity contribution in [3.8, 4) is 0 Å². The number of thioether (sulfide) groups is 1. The Morgan fingerprint density at radius 1 is 1.12 bits per heavy atom. The van der Waals surface area contributed by atoms with Crippen molar-refractivity contribution in [2.45, 2.75) is 24.5 Å². The maximum absolute atomic E-state index is 12.5.